The Kier molecular flexibility index (Phi) is 6.58. The molecule has 8 heteroatoms. The van der Waals surface area contributed by atoms with Gasteiger partial charge in [0, 0.05) is 38.8 Å². The second-order valence-corrected chi connectivity index (χ2v) is 8.63. The predicted octanol–water partition coefficient (Wildman–Crippen LogP) is 1.25. The fraction of sp³-hybridized carbons (Fsp3) is 0.500. The maximum absolute atomic E-state index is 13.3. The smallest absolute Gasteiger partial charge is 0.272 e. The summed E-state index contributed by atoms with van der Waals surface area (Å²) in [6, 6.07) is 9.08. The molecule has 2 heterocycles. The molecule has 1 aromatic carbocycles. The van der Waals surface area contributed by atoms with Crippen LogP contribution in [0.2, 0.25) is 0 Å². The van der Waals surface area contributed by atoms with E-state index in [2.05, 4.69) is 20.1 Å². The van der Waals surface area contributed by atoms with E-state index >= 15 is 0 Å². The molecule has 0 fully saturated rings. The van der Waals surface area contributed by atoms with E-state index in [1.54, 1.807) is 7.05 Å². The SMILES string of the molecule is CNC(=O)[C@@H](NC(=O)c1nc(-c2ccccc2)n2c1CN(CCO)CC2)C(C)(C)C. The first kappa shape index (κ1) is 22.0. The quantitative estimate of drug-likeness (QED) is 0.662. The van der Waals surface area contributed by atoms with Gasteiger partial charge in [0.2, 0.25) is 5.91 Å². The Morgan fingerprint density at radius 3 is 2.50 bits per heavy atom. The number of fused-ring (bicyclic) bond motifs is 1. The Morgan fingerprint density at radius 2 is 1.90 bits per heavy atom. The van der Waals surface area contributed by atoms with Gasteiger partial charge >= 0.3 is 0 Å². The van der Waals surface area contributed by atoms with E-state index in [1.165, 1.54) is 0 Å². The molecule has 2 amide bonds. The Morgan fingerprint density at radius 1 is 1.20 bits per heavy atom. The number of aliphatic hydroxyl groups excluding tert-OH is 1. The van der Waals surface area contributed by atoms with Gasteiger partial charge in [0.05, 0.1) is 12.3 Å². The fourth-order valence-electron chi connectivity index (χ4n) is 3.76. The van der Waals surface area contributed by atoms with Crippen molar-refractivity contribution in [1.29, 1.82) is 0 Å². The second-order valence-electron chi connectivity index (χ2n) is 8.63. The topological polar surface area (TPSA) is 99.5 Å². The third kappa shape index (κ3) is 4.55. The summed E-state index contributed by atoms with van der Waals surface area (Å²) in [5.74, 6) is 0.135. The van der Waals surface area contributed by atoms with Crippen LogP contribution in [0, 0.1) is 5.41 Å². The summed E-state index contributed by atoms with van der Waals surface area (Å²) < 4.78 is 2.07. The van der Waals surface area contributed by atoms with Crippen molar-refractivity contribution in [1.82, 2.24) is 25.1 Å². The molecule has 0 aliphatic carbocycles. The molecule has 0 saturated heterocycles. The van der Waals surface area contributed by atoms with Gasteiger partial charge in [-0.15, -0.1) is 0 Å². The van der Waals surface area contributed by atoms with E-state index in [4.69, 9.17) is 4.98 Å². The molecule has 8 nitrogen and oxygen atoms in total. The normalized spacial score (nSPS) is 15.4. The molecule has 30 heavy (non-hydrogen) atoms. The predicted molar refractivity (Wildman–Crippen MR) is 115 cm³/mol. The number of nitrogens with zero attached hydrogens (tertiary/aromatic N) is 3. The molecular weight excluding hydrogens is 382 g/mol. The molecule has 3 N–H and O–H groups in total. The van der Waals surface area contributed by atoms with Crippen LogP contribution in [0.5, 0.6) is 0 Å². The monoisotopic (exact) mass is 413 g/mol. The van der Waals surface area contributed by atoms with E-state index in [-0.39, 0.29) is 18.4 Å². The summed E-state index contributed by atoms with van der Waals surface area (Å²) in [6.07, 6.45) is 0. The summed E-state index contributed by atoms with van der Waals surface area (Å²) in [5, 5.41) is 14.9. The highest BCUT2D eigenvalue weighted by atomic mass is 16.3. The minimum absolute atomic E-state index is 0.0595. The summed E-state index contributed by atoms with van der Waals surface area (Å²) in [7, 11) is 1.56. The fourth-order valence-corrected chi connectivity index (χ4v) is 3.76. The van der Waals surface area contributed by atoms with Gasteiger partial charge in [0.1, 0.15) is 11.9 Å². The molecule has 1 aliphatic heterocycles. The third-order valence-electron chi connectivity index (χ3n) is 5.40. The average molecular weight is 414 g/mol. The minimum Gasteiger partial charge on any atom is -0.395 e. The highest BCUT2D eigenvalue weighted by Crippen LogP contribution is 2.27. The first-order valence-electron chi connectivity index (χ1n) is 10.3. The van der Waals surface area contributed by atoms with Gasteiger partial charge in [-0.1, -0.05) is 51.1 Å². The standard InChI is InChI=1S/C22H31N5O3/c1-22(2,3)18(21(30)23-4)25-20(29)17-16-14-26(12-13-28)10-11-27(16)19(24-17)15-8-6-5-7-9-15/h5-9,18,28H,10-14H2,1-4H3,(H,23,30)(H,25,29)/t18-/m1/s1. The first-order valence-corrected chi connectivity index (χ1v) is 10.3. The highest BCUT2D eigenvalue weighted by Gasteiger charge is 2.35. The van der Waals surface area contributed by atoms with Crippen molar-refractivity contribution in [3.8, 4) is 11.4 Å². The number of β-amino-alcohol motifs (C(OH)–C–C–N with tert-alkyl or cyclic N) is 1. The number of benzene rings is 1. The van der Waals surface area contributed by atoms with Crippen LogP contribution >= 0.6 is 0 Å². The maximum Gasteiger partial charge on any atom is 0.272 e. The van der Waals surface area contributed by atoms with E-state index in [1.807, 2.05) is 51.1 Å². The van der Waals surface area contributed by atoms with Gasteiger partial charge in [0.25, 0.3) is 5.91 Å². The van der Waals surface area contributed by atoms with Gasteiger partial charge in [0.15, 0.2) is 5.69 Å². The van der Waals surface area contributed by atoms with E-state index in [0.717, 1.165) is 23.6 Å². The van der Waals surface area contributed by atoms with Crippen LogP contribution in [-0.2, 0) is 17.9 Å². The number of aliphatic hydroxyl groups is 1. The maximum atomic E-state index is 13.3. The first-order chi connectivity index (χ1) is 14.3. The molecule has 0 spiro atoms. The number of likely N-dealkylation sites (N-methyl/N-ethyl adjacent to an activating group) is 1. The molecule has 1 aliphatic rings. The van der Waals surface area contributed by atoms with Gasteiger partial charge < -0.3 is 20.3 Å². The summed E-state index contributed by atoms with van der Waals surface area (Å²) in [5.41, 5.74) is 1.61. The minimum atomic E-state index is -0.690. The lowest BCUT2D eigenvalue weighted by atomic mass is 9.86. The van der Waals surface area contributed by atoms with E-state index < -0.39 is 11.5 Å². The average Bonchev–Trinajstić information content (AvgIpc) is 3.10. The molecular formula is C22H31N5O3. The molecule has 1 atom stereocenters. The van der Waals surface area contributed by atoms with Crippen LogP contribution in [0.3, 0.4) is 0 Å². The molecule has 2 aromatic rings. The number of imidazole rings is 1. The van der Waals surface area contributed by atoms with E-state index in [9.17, 15) is 14.7 Å². The number of aromatic nitrogens is 2. The lowest BCUT2D eigenvalue weighted by Crippen LogP contribution is -2.53. The summed E-state index contributed by atoms with van der Waals surface area (Å²) in [6.45, 7) is 8.30. The summed E-state index contributed by atoms with van der Waals surface area (Å²) >= 11 is 0. The van der Waals surface area contributed by atoms with Gasteiger partial charge in [-0.2, -0.15) is 0 Å². The van der Waals surface area contributed by atoms with Gasteiger partial charge in [-0.25, -0.2) is 4.98 Å². The zero-order chi connectivity index (χ0) is 21.9. The zero-order valence-corrected chi connectivity index (χ0v) is 18.1. The molecule has 0 radical (unpaired) electrons. The van der Waals surface area contributed by atoms with Crippen LogP contribution < -0.4 is 10.6 Å². The zero-order valence-electron chi connectivity index (χ0n) is 18.1. The van der Waals surface area contributed by atoms with Crippen LogP contribution in [-0.4, -0.2) is 64.2 Å². The Balaban J connectivity index is 2.00. The van der Waals surface area contributed by atoms with Crippen molar-refractivity contribution in [2.75, 3.05) is 26.7 Å². The third-order valence-corrected chi connectivity index (χ3v) is 5.40. The number of nitrogens with one attached hydrogen (secondary N) is 2. The van der Waals surface area contributed by atoms with Crippen LogP contribution in [0.1, 0.15) is 37.0 Å². The number of hydrogen-bond acceptors (Lipinski definition) is 5. The van der Waals surface area contributed by atoms with Crippen molar-refractivity contribution < 1.29 is 14.7 Å². The van der Waals surface area contributed by atoms with Gasteiger partial charge in [-0.3, -0.25) is 14.5 Å². The molecule has 3 rings (SSSR count). The van der Waals surface area contributed by atoms with Gasteiger partial charge in [-0.05, 0) is 5.41 Å². The molecule has 162 valence electrons. The number of amides is 2. The summed E-state index contributed by atoms with van der Waals surface area (Å²) in [4.78, 5) is 32.5. The Hall–Kier alpha value is -2.71. The molecule has 1 aromatic heterocycles. The molecule has 0 bridgehead atoms. The van der Waals surface area contributed by atoms with Crippen molar-refractivity contribution in [3.63, 3.8) is 0 Å². The number of hydrogen-bond donors (Lipinski definition) is 3. The molecule has 0 saturated carbocycles. The largest absolute Gasteiger partial charge is 0.395 e. The Bertz CT molecular complexity index is 901. The number of rotatable bonds is 6. The van der Waals surface area contributed by atoms with Crippen LogP contribution in [0.4, 0.5) is 0 Å². The Labute approximate surface area is 177 Å². The number of carbonyl (C=O) groups is 2. The van der Waals surface area contributed by atoms with Crippen molar-refractivity contribution in [3.05, 3.63) is 41.7 Å². The highest BCUT2D eigenvalue weighted by molar-refractivity contribution is 5.97. The van der Waals surface area contributed by atoms with Crippen LogP contribution in [0.15, 0.2) is 30.3 Å². The number of carbonyl (C=O) groups excluding carboxylic acids is 2. The lowest BCUT2D eigenvalue weighted by molar-refractivity contribution is -0.124. The second kappa shape index (κ2) is 8.97. The lowest BCUT2D eigenvalue weighted by Gasteiger charge is -2.30. The van der Waals surface area contributed by atoms with Crippen molar-refractivity contribution in [2.24, 2.45) is 5.41 Å². The van der Waals surface area contributed by atoms with Crippen molar-refractivity contribution >= 4 is 11.8 Å². The molecule has 0 unspecified atom stereocenters. The van der Waals surface area contributed by atoms with Crippen molar-refractivity contribution in [2.45, 2.75) is 39.9 Å². The van der Waals surface area contributed by atoms with E-state index in [0.29, 0.717) is 25.3 Å². The van der Waals surface area contributed by atoms with Crippen LogP contribution in [0.25, 0.3) is 11.4 Å².